The van der Waals surface area contributed by atoms with E-state index in [0.717, 1.165) is 0 Å². The van der Waals surface area contributed by atoms with E-state index in [9.17, 15) is 10.2 Å². The second-order valence-corrected chi connectivity index (χ2v) is 7.24. The van der Waals surface area contributed by atoms with Crippen molar-refractivity contribution in [2.24, 2.45) is 0 Å². The normalized spacial score (nSPS) is 10.1. The number of ether oxygens (including phenoxy) is 2. The second-order valence-electron chi connectivity index (χ2n) is 7.24. The predicted molar refractivity (Wildman–Crippen MR) is 133 cm³/mol. The lowest BCUT2D eigenvalue weighted by molar-refractivity contribution is 0.456. The summed E-state index contributed by atoms with van der Waals surface area (Å²) in [4.78, 5) is 0. The number of benzene rings is 4. The standard InChI is InChI=1S/C28H18N2O4/c1-4-16-7-10-21-22(27(16)33-18-8-11-23(29)25(31)14-18)13-17(5-2)20(6-3)28(21)34-19-9-12-24(30)26(32)15-19/h1-3,7-15,31-32H,29-30H2. The summed E-state index contributed by atoms with van der Waals surface area (Å²) in [6.45, 7) is 0. The molecule has 6 N–H and O–H groups in total. The second kappa shape index (κ2) is 8.63. The van der Waals surface area contributed by atoms with Crippen LogP contribution in [0.2, 0.25) is 0 Å². The van der Waals surface area contributed by atoms with E-state index in [1.54, 1.807) is 30.3 Å². The highest BCUT2D eigenvalue weighted by atomic mass is 16.5. The van der Waals surface area contributed by atoms with Crippen LogP contribution in [0.4, 0.5) is 11.4 Å². The molecule has 6 nitrogen and oxygen atoms in total. The van der Waals surface area contributed by atoms with E-state index >= 15 is 0 Å². The molecular formula is C28H18N2O4. The predicted octanol–water partition coefficient (Wildman–Crippen LogP) is 4.94. The molecule has 0 amide bonds. The lowest BCUT2D eigenvalue weighted by atomic mass is 9.97. The molecule has 0 heterocycles. The first-order valence-corrected chi connectivity index (χ1v) is 9.92. The number of anilines is 2. The quantitative estimate of drug-likeness (QED) is 0.201. The Balaban J connectivity index is 1.98. The summed E-state index contributed by atoms with van der Waals surface area (Å²) in [5.41, 5.74) is 13.0. The van der Waals surface area contributed by atoms with Crippen molar-refractivity contribution in [2.75, 3.05) is 11.5 Å². The number of hydrogen-bond acceptors (Lipinski definition) is 6. The molecule has 164 valence electrons. The summed E-state index contributed by atoms with van der Waals surface area (Å²) in [5, 5.41) is 21.1. The van der Waals surface area contributed by atoms with Crippen molar-refractivity contribution in [3.8, 4) is 71.5 Å². The van der Waals surface area contributed by atoms with E-state index < -0.39 is 0 Å². The topological polar surface area (TPSA) is 111 Å². The van der Waals surface area contributed by atoms with Gasteiger partial charge in [0.1, 0.15) is 23.0 Å². The van der Waals surface area contributed by atoms with Crippen LogP contribution in [0.5, 0.6) is 34.5 Å². The van der Waals surface area contributed by atoms with Gasteiger partial charge in [-0.15, -0.1) is 19.3 Å². The summed E-state index contributed by atoms with van der Waals surface area (Å²) >= 11 is 0. The largest absolute Gasteiger partial charge is 0.506 e. The van der Waals surface area contributed by atoms with E-state index in [0.29, 0.717) is 44.7 Å². The number of phenolic OH excluding ortho intramolecular Hbond substituents is 2. The first-order chi connectivity index (χ1) is 16.4. The molecule has 4 rings (SSSR count). The molecule has 0 radical (unpaired) electrons. The summed E-state index contributed by atoms with van der Waals surface area (Å²) in [6.07, 6.45) is 17.2. The Bertz CT molecular complexity index is 1580. The first-order valence-electron chi connectivity index (χ1n) is 9.92. The fourth-order valence-electron chi connectivity index (χ4n) is 3.41. The van der Waals surface area contributed by atoms with Crippen LogP contribution in [0.15, 0.2) is 54.6 Å². The molecule has 0 saturated heterocycles. The molecule has 0 aliphatic carbocycles. The van der Waals surface area contributed by atoms with E-state index in [-0.39, 0.29) is 28.6 Å². The van der Waals surface area contributed by atoms with Gasteiger partial charge in [-0.3, -0.25) is 0 Å². The van der Waals surface area contributed by atoms with Crippen LogP contribution in [0.25, 0.3) is 10.8 Å². The highest BCUT2D eigenvalue weighted by molar-refractivity contribution is 5.98. The first kappa shape index (κ1) is 21.8. The zero-order valence-corrected chi connectivity index (χ0v) is 17.8. The minimum Gasteiger partial charge on any atom is -0.506 e. The van der Waals surface area contributed by atoms with Gasteiger partial charge in [-0.1, -0.05) is 17.8 Å². The minimum atomic E-state index is -0.140. The number of terminal acetylenes is 3. The number of nitrogen functional groups attached to an aromatic ring is 2. The molecule has 0 atom stereocenters. The zero-order chi connectivity index (χ0) is 24.4. The maximum Gasteiger partial charge on any atom is 0.152 e. The fourth-order valence-corrected chi connectivity index (χ4v) is 3.41. The number of nitrogens with two attached hydrogens (primary N) is 2. The Morgan fingerprint density at radius 2 is 1.18 bits per heavy atom. The zero-order valence-electron chi connectivity index (χ0n) is 17.8. The van der Waals surface area contributed by atoms with Crippen LogP contribution >= 0.6 is 0 Å². The highest BCUT2D eigenvalue weighted by Crippen LogP contribution is 2.43. The molecule has 0 saturated carbocycles. The molecule has 0 spiro atoms. The van der Waals surface area contributed by atoms with E-state index in [4.69, 9.17) is 40.2 Å². The summed E-state index contributed by atoms with van der Waals surface area (Å²) in [5.74, 6) is 8.68. The third-order valence-corrected chi connectivity index (χ3v) is 5.12. The van der Waals surface area contributed by atoms with Crippen molar-refractivity contribution < 1.29 is 19.7 Å². The lowest BCUT2D eigenvalue weighted by Crippen LogP contribution is -1.98. The van der Waals surface area contributed by atoms with Gasteiger partial charge in [0.25, 0.3) is 0 Å². The van der Waals surface area contributed by atoms with Gasteiger partial charge in [0.15, 0.2) is 11.5 Å². The van der Waals surface area contributed by atoms with Crippen molar-refractivity contribution >= 4 is 22.1 Å². The molecule has 0 aliphatic rings. The molecule has 0 unspecified atom stereocenters. The van der Waals surface area contributed by atoms with Crippen LogP contribution in [-0.2, 0) is 0 Å². The van der Waals surface area contributed by atoms with Crippen molar-refractivity contribution in [3.05, 3.63) is 71.3 Å². The van der Waals surface area contributed by atoms with Crippen molar-refractivity contribution in [1.82, 2.24) is 0 Å². The molecule has 34 heavy (non-hydrogen) atoms. The molecule has 4 aromatic rings. The number of phenols is 2. The Morgan fingerprint density at radius 1 is 0.618 bits per heavy atom. The van der Waals surface area contributed by atoms with Crippen LogP contribution in [0.3, 0.4) is 0 Å². The van der Waals surface area contributed by atoms with E-state index in [1.165, 1.54) is 24.3 Å². The highest BCUT2D eigenvalue weighted by Gasteiger charge is 2.19. The van der Waals surface area contributed by atoms with Gasteiger partial charge in [-0.2, -0.15) is 0 Å². The Kier molecular flexibility index (Phi) is 5.54. The SMILES string of the molecule is C#Cc1cc2c(Oc3ccc(N)c(O)c3)c(C#C)ccc2c(Oc2ccc(N)c(O)c2)c1C#C. The van der Waals surface area contributed by atoms with Crippen molar-refractivity contribution in [3.63, 3.8) is 0 Å². The summed E-state index contributed by atoms with van der Waals surface area (Å²) in [7, 11) is 0. The molecule has 0 aliphatic heterocycles. The average molecular weight is 446 g/mol. The smallest absolute Gasteiger partial charge is 0.152 e. The van der Waals surface area contributed by atoms with Crippen LogP contribution in [0, 0.1) is 37.0 Å². The third kappa shape index (κ3) is 3.82. The van der Waals surface area contributed by atoms with Gasteiger partial charge >= 0.3 is 0 Å². The number of rotatable bonds is 4. The number of aromatic hydroxyl groups is 2. The van der Waals surface area contributed by atoms with Crippen molar-refractivity contribution in [2.45, 2.75) is 0 Å². The molecule has 0 aromatic heterocycles. The minimum absolute atomic E-state index is 0.133. The maximum atomic E-state index is 9.99. The molecule has 6 heteroatoms. The van der Waals surface area contributed by atoms with Crippen LogP contribution < -0.4 is 20.9 Å². The number of fused-ring (bicyclic) bond motifs is 1. The van der Waals surface area contributed by atoms with Gasteiger partial charge in [-0.25, -0.2) is 0 Å². The van der Waals surface area contributed by atoms with E-state index in [1.807, 2.05) is 0 Å². The molecule has 0 fully saturated rings. The lowest BCUT2D eigenvalue weighted by Gasteiger charge is -2.17. The Morgan fingerprint density at radius 3 is 1.68 bits per heavy atom. The van der Waals surface area contributed by atoms with Gasteiger partial charge in [-0.05, 0) is 42.5 Å². The summed E-state index contributed by atoms with van der Waals surface area (Å²) < 4.78 is 12.2. The monoisotopic (exact) mass is 446 g/mol. The molecule has 4 aromatic carbocycles. The third-order valence-electron chi connectivity index (χ3n) is 5.12. The van der Waals surface area contributed by atoms with Crippen LogP contribution in [-0.4, -0.2) is 10.2 Å². The van der Waals surface area contributed by atoms with Gasteiger partial charge in [0, 0.05) is 28.5 Å². The van der Waals surface area contributed by atoms with Crippen molar-refractivity contribution in [1.29, 1.82) is 0 Å². The summed E-state index contributed by atoms with van der Waals surface area (Å²) in [6, 6.07) is 14.1. The molecular weight excluding hydrogens is 428 g/mol. The van der Waals surface area contributed by atoms with Gasteiger partial charge in [0.05, 0.1) is 22.5 Å². The number of hydrogen-bond donors (Lipinski definition) is 4. The molecule has 0 bridgehead atoms. The fraction of sp³-hybridized carbons (Fsp3) is 0. The average Bonchev–Trinajstić information content (AvgIpc) is 2.83. The van der Waals surface area contributed by atoms with Gasteiger partial charge < -0.3 is 31.2 Å². The van der Waals surface area contributed by atoms with Gasteiger partial charge in [0.2, 0.25) is 0 Å². The maximum absolute atomic E-state index is 9.99. The Labute approximate surface area is 196 Å². The Hall–Kier alpha value is -5.38. The van der Waals surface area contributed by atoms with E-state index in [2.05, 4.69) is 17.8 Å². The van der Waals surface area contributed by atoms with Crippen LogP contribution in [0.1, 0.15) is 16.7 Å².